The molecule has 0 bridgehead atoms. The topological polar surface area (TPSA) is 95.9 Å². The van der Waals surface area contributed by atoms with Gasteiger partial charge >= 0.3 is 0 Å². The molecular weight excluding hydrogens is 553 g/mol. The molecule has 4 rings (SSSR count). The normalized spacial score (nSPS) is 16.4. The van der Waals surface area contributed by atoms with E-state index >= 15 is 0 Å². The number of anilines is 1. The Labute approximate surface area is 219 Å². The Balaban J connectivity index is 1.58. The first-order chi connectivity index (χ1) is 16.4. The van der Waals surface area contributed by atoms with Crippen LogP contribution in [0.25, 0.3) is 0 Å². The lowest BCUT2D eigenvalue weighted by Gasteiger charge is -2.25. The lowest BCUT2D eigenvalue weighted by atomic mass is 10.0. The Morgan fingerprint density at radius 1 is 0.886 bits per heavy atom. The molecule has 3 aromatic carbocycles. The molecule has 1 aliphatic heterocycles. The van der Waals surface area contributed by atoms with E-state index in [4.69, 9.17) is 34.8 Å². The fraction of sp³-hybridized carbons (Fsp3) is 0.174. The van der Waals surface area contributed by atoms with E-state index in [1.165, 1.54) is 24.3 Å². The number of benzene rings is 3. The molecule has 0 aromatic heterocycles. The van der Waals surface area contributed by atoms with Gasteiger partial charge < -0.3 is 0 Å². The maximum Gasteiger partial charge on any atom is 0.240 e. The van der Waals surface area contributed by atoms with E-state index in [-0.39, 0.29) is 22.4 Å². The third-order valence-electron chi connectivity index (χ3n) is 5.41. The Kier molecular flexibility index (Phi) is 7.47. The van der Waals surface area contributed by atoms with Crippen LogP contribution in [-0.4, -0.2) is 35.3 Å². The van der Waals surface area contributed by atoms with Crippen LogP contribution in [0.4, 0.5) is 5.69 Å². The molecule has 1 atom stereocenters. The van der Waals surface area contributed by atoms with Gasteiger partial charge in [0.25, 0.3) is 0 Å². The van der Waals surface area contributed by atoms with Crippen molar-refractivity contribution < 1.29 is 16.8 Å². The van der Waals surface area contributed by atoms with Crippen LogP contribution >= 0.6 is 34.8 Å². The summed E-state index contributed by atoms with van der Waals surface area (Å²) in [5, 5.41) is 7.89. The minimum Gasteiger partial charge on any atom is -0.256 e. The van der Waals surface area contributed by atoms with Crippen LogP contribution in [0, 0.1) is 0 Å². The third kappa shape index (κ3) is 5.99. The molecule has 12 heteroatoms. The summed E-state index contributed by atoms with van der Waals surface area (Å²) in [6, 6.07) is 17.2. The lowest BCUT2D eigenvalue weighted by Crippen LogP contribution is -2.29. The van der Waals surface area contributed by atoms with Crippen molar-refractivity contribution in [1.82, 2.24) is 4.72 Å². The van der Waals surface area contributed by atoms with Crippen molar-refractivity contribution in [3.63, 3.8) is 0 Å². The molecule has 1 aliphatic rings. The average molecular weight is 573 g/mol. The van der Waals surface area contributed by atoms with E-state index in [1.807, 2.05) is 12.1 Å². The molecule has 1 heterocycles. The minimum absolute atomic E-state index is 0.0397. The zero-order chi connectivity index (χ0) is 25.4. The highest BCUT2D eigenvalue weighted by Crippen LogP contribution is 2.39. The maximum absolute atomic E-state index is 12.8. The molecule has 0 radical (unpaired) electrons. The molecule has 0 saturated carbocycles. The molecule has 1 unspecified atom stereocenters. The molecule has 184 valence electrons. The van der Waals surface area contributed by atoms with Crippen molar-refractivity contribution in [2.75, 3.05) is 17.8 Å². The number of hydrazone groups is 1. The van der Waals surface area contributed by atoms with E-state index < -0.39 is 19.9 Å². The highest BCUT2D eigenvalue weighted by Gasteiger charge is 2.31. The highest BCUT2D eigenvalue weighted by molar-refractivity contribution is 7.90. The summed E-state index contributed by atoms with van der Waals surface area (Å²) in [6.07, 6.45) is 1.50. The van der Waals surface area contributed by atoms with Gasteiger partial charge in [-0.1, -0.05) is 46.9 Å². The number of rotatable bonds is 7. The van der Waals surface area contributed by atoms with Gasteiger partial charge in [-0.2, -0.15) is 5.10 Å². The second-order valence-electron chi connectivity index (χ2n) is 7.95. The number of hydrogen-bond acceptors (Lipinski definition) is 6. The number of halogens is 3. The number of sulfone groups is 1. The van der Waals surface area contributed by atoms with Gasteiger partial charge in [0.15, 0.2) is 9.84 Å². The summed E-state index contributed by atoms with van der Waals surface area (Å²) in [5.41, 5.74) is 2.15. The van der Waals surface area contributed by atoms with Gasteiger partial charge in [-0.3, -0.25) is 5.01 Å². The van der Waals surface area contributed by atoms with Crippen LogP contribution in [0.2, 0.25) is 15.1 Å². The highest BCUT2D eigenvalue weighted by atomic mass is 35.5. The fourth-order valence-corrected chi connectivity index (χ4v) is 5.91. The molecule has 0 spiro atoms. The summed E-state index contributed by atoms with van der Waals surface area (Å²) in [6.45, 7) is -0.0397. The van der Waals surface area contributed by atoms with Gasteiger partial charge in [0.1, 0.15) is 0 Å². The smallest absolute Gasteiger partial charge is 0.240 e. The Hall–Kier alpha value is -2.14. The first-order valence-corrected chi connectivity index (χ1v) is 14.8. The molecular formula is C23H20Cl3N3O4S2. The van der Waals surface area contributed by atoms with E-state index in [1.54, 1.807) is 35.3 Å². The Bertz CT molecular complexity index is 1490. The Morgan fingerprint density at radius 2 is 1.49 bits per heavy atom. The van der Waals surface area contributed by atoms with Crippen molar-refractivity contribution in [1.29, 1.82) is 0 Å². The van der Waals surface area contributed by atoms with E-state index in [0.29, 0.717) is 32.9 Å². The predicted molar refractivity (Wildman–Crippen MR) is 140 cm³/mol. The molecule has 1 N–H and O–H groups in total. The monoisotopic (exact) mass is 571 g/mol. The van der Waals surface area contributed by atoms with E-state index in [0.717, 1.165) is 11.8 Å². The molecule has 3 aromatic rings. The third-order valence-corrected chi connectivity index (χ3v) is 8.75. The standard InChI is InChI=1S/C23H20Cl3N3O4S2/c1-34(30,31)19-7-9-20(10-8-19)35(32,33)27-14-18-13-23(15-2-4-16(24)5-3-15)29(28-18)22-11-6-17(25)12-21(22)26/h2-12,23,27H,13-14H2,1H3. The number of nitrogens with zero attached hydrogens (tertiary/aromatic N) is 2. The van der Waals surface area contributed by atoms with Crippen LogP contribution < -0.4 is 9.73 Å². The summed E-state index contributed by atoms with van der Waals surface area (Å²) in [5.74, 6) is 0. The van der Waals surface area contributed by atoms with Gasteiger partial charge in [0.05, 0.1) is 38.8 Å². The lowest BCUT2D eigenvalue weighted by molar-refractivity contribution is 0.585. The van der Waals surface area contributed by atoms with Crippen molar-refractivity contribution >= 4 is 66.1 Å². The first kappa shape index (κ1) is 25.9. The van der Waals surface area contributed by atoms with Crippen molar-refractivity contribution in [3.05, 3.63) is 87.4 Å². The SMILES string of the molecule is CS(=O)(=O)c1ccc(S(=O)(=O)NCC2=NN(c3ccc(Cl)cc3Cl)C(c3ccc(Cl)cc3)C2)cc1. The zero-order valence-corrected chi connectivity index (χ0v) is 22.2. The van der Waals surface area contributed by atoms with Crippen LogP contribution in [0.15, 0.2) is 81.6 Å². The van der Waals surface area contributed by atoms with E-state index in [2.05, 4.69) is 9.82 Å². The van der Waals surface area contributed by atoms with Crippen molar-refractivity contribution in [3.8, 4) is 0 Å². The minimum atomic E-state index is -3.90. The molecule has 35 heavy (non-hydrogen) atoms. The summed E-state index contributed by atoms with van der Waals surface area (Å²) in [4.78, 5) is -0.00624. The summed E-state index contributed by atoms with van der Waals surface area (Å²) in [7, 11) is -7.33. The number of nitrogens with one attached hydrogen (secondary N) is 1. The van der Waals surface area contributed by atoms with Gasteiger partial charge in [-0.15, -0.1) is 0 Å². The second kappa shape index (κ2) is 10.1. The van der Waals surface area contributed by atoms with Gasteiger partial charge in [0, 0.05) is 22.7 Å². The summed E-state index contributed by atoms with van der Waals surface area (Å²) >= 11 is 18.5. The maximum atomic E-state index is 12.8. The summed E-state index contributed by atoms with van der Waals surface area (Å²) < 4.78 is 51.4. The van der Waals surface area contributed by atoms with Gasteiger partial charge in [-0.25, -0.2) is 21.6 Å². The fourth-order valence-electron chi connectivity index (χ4n) is 3.64. The van der Waals surface area contributed by atoms with Crippen LogP contribution in [0.3, 0.4) is 0 Å². The quantitative estimate of drug-likeness (QED) is 0.413. The van der Waals surface area contributed by atoms with Crippen molar-refractivity contribution in [2.45, 2.75) is 22.3 Å². The first-order valence-electron chi connectivity index (χ1n) is 10.3. The van der Waals surface area contributed by atoms with E-state index in [9.17, 15) is 16.8 Å². The molecule has 7 nitrogen and oxygen atoms in total. The second-order valence-corrected chi connectivity index (χ2v) is 13.0. The molecule has 0 aliphatic carbocycles. The van der Waals surface area contributed by atoms with Gasteiger partial charge in [-0.05, 0) is 60.2 Å². The molecule has 0 saturated heterocycles. The largest absolute Gasteiger partial charge is 0.256 e. The number of sulfonamides is 1. The van der Waals surface area contributed by atoms with Crippen LogP contribution in [0.1, 0.15) is 18.0 Å². The van der Waals surface area contributed by atoms with Crippen LogP contribution in [0.5, 0.6) is 0 Å². The number of hydrogen-bond donors (Lipinski definition) is 1. The Morgan fingerprint density at radius 3 is 2.09 bits per heavy atom. The predicted octanol–water partition coefficient (Wildman–Crippen LogP) is 5.34. The average Bonchev–Trinajstić information content (AvgIpc) is 3.22. The van der Waals surface area contributed by atoms with Crippen LogP contribution in [-0.2, 0) is 19.9 Å². The molecule has 0 amide bonds. The van der Waals surface area contributed by atoms with Gasteiger partial charge in [0.2, 0.25) is 10.0 Å². The van der Waals surface area contributed by atoms with Crippen molar-refractivity contribution in [2.24, 2.45) is 5.10 Å². The zero-order valence-electron chi connectivity index (χ0n) is 18.3. The molecule has 0 fully saturated rings.